The van der Waals surface area contributed by atoms with E-state index < -0.39 is 0 Å². The first-order chi connectivity index (χ1) is 10.8. The number of para-hydroxylation sites is 1. The lowest BCUT2D eigenvalue weighted by molar-refractivity contribution is 0.128. The van der Waals surface area contributed by atoms with Gasteiger partial charge in [0.25, 0.3) is 0 Å². The standard InChI is InChI=1S/C18H26N2O3/c1-12(21)10-18(3,4)11-19-17(22)20-13(2)16-9-14-7-5-6-8-15(14)23-16/h5-9,12-13,21H,10-11H2,1-4H3,(H2,19,20,22). The van der Waals surface area contributed by atoms with Gasteiger partial charge >= 0.3 is 6.03 Å². The average Bonchev–Trinajstić information content (AvgIpc) is 2.88. The van der Waals surface area contributed by atoms with Gasteiger partial charge in [-0.15, -0.1) is 0 Å². The lowest BCUT2D eigenvalue weighted by Gasteiger charge is -2.26. The van der Waals surface area contributed by atoms with Gasteiger partial charge in [0.15, 0.2) is 0 Å². The highest BCUT2D eigenvalue weighted by molar-refractivity contribution is 5.78. The molecule has 0 radical (unpaired) electrons. The van der Waals surface area contributed by atoms with Crippen LogP contribution in [0.3, 0.4) is 0 Å². The van der Waals surface area contributed by atoms with Gasteiger partial charge in [0.2, 0.25) is 0 Å². The zero-order chi connectivity index (χ0) is 17.0. The summed E-state index contributed by atoms with van der Waals surface area (Å²) in [6.45, 7) is 8.17. The molecule has 5 nitrogen and oxygen atoms in total. The molecule has 2 atom stereocenters. The van der Waals surface area contributed by atoms with E-state index >= 15 is 0 Å². The first-order valence-corrected chi connectivity index (χ1v) is 7.98. The van der Waals surface area contributed by atoms with Crippen LogP contribution >= 0.6 is 0 Å². The minimum atomic E-state index is -0.385. The predicted molar refractivity (Wildman–Crippen MR) is 91.2 cm³/mol. The van der Waals surface area contributed by atoms with Crippen molar-refractivity contribution >= 4 is 17.0 Å². The van der Waals surface area contributed by atoms with Gasteiger partial charge in [-0.3, -0.25) is 0 Å². The molecule has 23 heavy (non-hydrogen) atoms. The topological polar surface area (TPSA) is 74.5 Å². The second-order valence-electron chi connectivity index (χ2n) is 6.95. The third kappa shape index (κ3) is 4.99. The van der Waals surface area contributed by atoms with Gasteiger partial charge in [0.05, 0.1) is 12.1 Å². The third-order valence-electron chi connectivity index (χ3n) is 3.79. The number of urea groups is 1. The molecular formula is C18H26N2O3. The molecule has 0 aliphatic heterocycles. The van der Waals surface area contributed by atoms with Gasteiger partial charge in [-0.1, -0.05) is 32.0 Å². The quantitative estimate of drug-likeness (QED) is 0.762. The van der Waals surface area contributed by atoms with Crippen molar-refractivity contribution in [1.82, 2.24) is 10.6 Å². The van der Waals surface area contributed by atoms with E-state index in [9.17, 15) is 9.90 Å². The minimum absolute atomic E-state index is 0.159. The van der Waals surface area contributed by atoms with Crippen molar-refractivity contribution in [3.63, 3.8) is 0 Å². The van der Waals surface area contributed by atoms with Crippen LogP contribution in [0.15, 0.2) is 34.7 Å². The summed E-state index contributed by atoms with van der Waals surface area (Å²) < 4.78 is 5.75. The Balaban J connectivity index is 1.89. The van der Waals surface area contributed by atoms with Crippen LogP contribution in [0.2, 0.25) is 0 Å². The van der Waals surface area contributed by atoms with Crippen LogP contribution in [-0.2, 0) is 0 Å². The van der Waals surface area contributed by atoms with E-state index in [1.54, 1.807) is 6.92 Å². The number of fused-ring (bicyclic) bond motifs is 1. The largest absolute Gasteiger partial charge is 0.459 e. The number of benzene rings is 1. The maximum atomic E-state index is 12.0. The number of amides is 2. The summed E-state index contributed by atoms with van der Waals surface area (Å²) in [5.41, 5.74) is 0.656. The normalized spacial score (nSPS) is 14.5. The molecule has 3 N–H and O–H groups in total. The summed E-state index contributed by atoms with van der Waals surface area (Å²) in [7, 11) is 0. The van der Waals surface area contributed by atoms with Crippen molar-refractivity contribution < 1.29 is 14.3 Å². The highest BCUT2D eigenvalue weighted by atomic mass is 16.3. The van der Waals surface area contributed by atoms with Crippen LogP contribution in [0.25, 0.3) is 11.0 Å². The summed E-state index contributed by atoms with van der Waals surface area (Å²) in [4.78, 5) is 12.0. The minimum Gasteiger partial charge on any atom is -0.459 e. The van der Waals surface area contributed by atoms with Gasteiger partial charge in [0.1, 0.15) is 11.3 Å². The van der Waals surface area contributed by atoms with Gasteiger partial charge in [-0.25, -0.2) is 4.79 Å². The summed E-state index contributed by atoms with van der Waals surface area (Å²) in [6, 6.07) is 9.25. The summed E-state index contributed by atoms with van der Waals surface area (Å²) >= 11 is 0. The fourth-order valence-electron chi connectivity index (χ4n) is 2.73. The fourth-order valence-corrected chi connectivity index (χ4v) is 2.73. The molecule has 2 amide bonds. The van der Waals surface area contributed by atoms with Crippen LogP contribution in [0.4, 0.5) is 4.79 Å². The third-order valence-corrected chi connectivity index (χ3v) is 3.79. The first kappa shape index (κ1) is 17.3. The molecule has 1 aromatic carbocycles. The van der Waals surface area contributed by atoms with E-state index in [0.29, 0.717) is 13.0 Å². The number of nitrogens with one attached hydrogen (secondary N) is 2. The number of rotatable bonds is 6. The van der Waals surface area contributed by atoms with Gasteiger partial charge < -0.3 is 20.2 Å². The first-order valence-electron chi connectivity index (χ1n) is 7.98. The van der Waals surface area contributed by atoms with E-state index in [1.165, 1.54) is 0 Å². The Morgan fingerprint density at radius 2 is 2.00 bits per heavy atom. The number of aliphatic hydroxyl groups excluding tert-OH is 1. The van der Waals surface area contributed by atoms with Crippen LogP contribution < -0.4 is 10.6 Å². The SMILES string of the molecule is CC(O)CC(C)(C)CNC(=O)NC(C)c1cc2ccccc2o1. The molecule has 2 unspecified atom stereocenters. The zero-order valence-electron chi connectivity index (χ0n) is 14.2. The van der Waals surface area contributed by atoms with Gasteiger partial charge in [-0.05, 0) is 37.8 Å². The van der Waals surface area contributed by atoms with Crippen LogP contribution in [-0.4, -0.2) is 23.8 Å². The smallest absolute Gasteiger partial charge is 0.315 e. The summed E-state index contributed by atoms with van der Waals surface area (Å²) in [5, 5.41) is 16.2. The molecule has 5 heteroatoms. The van der Waals surface area contributed by atoms with E-state index in [0.717, 1.165) is 16.7 Å². The molecule has 0 bridgehead atoms. The molecule has 0 saturated carbocycles. The molecule has 126 valence electrons. The van der Waals surface area contributed by atoms with Crippen molar-refractivity contribution in [1.29, 1.82) is 0 Å². The number of furan rings is 1. The Bertz CT molecular complexity index is 628. The highest BCUT2D eigenvalue weighted by Gasteiger charge is 2.22. The Kier molecular flexibility index (Phi) is 5.31. The maximum Gasteiger partial charge on any atom is 0.315 e. The fraction of sp³-hybridized carbons (Fsp3) is 0.500. The van der Waals surface area contributed by atoms with Crippen molar-refractivity contribution in [2.45, 2.75) is 46.3 Å². The number of carbonyl (C=O) groups excluding carboxylic acids is 1. The average molecular weight is 318 g/mol. The van der Waals surface area contributed by atoms with E-state index in [1.807, 2.05) is 51.1 Å². The van der Waals surface area contributed by atoms with Crippen molar-refractivity contribution in [2.24, 2.45) is 5.41 Å². The Morgan fingerprint density at radius 1 is 1.30 bits per heavy atom. The summed E-state index contributed by atoms with van der Waals surface area (Å²) in [6.07, 6.45) is 0.246. The Labute approximate surface area is 137 Å². The molecule has 0 spiro atoms. The van der Waals surface area contributed by atoms with E-state index in [-0.39, 0.29) is 23.6 Å². The molecule has 1 heterocycles. The second kappa shape index (κ2) is 7.04. The Morgan fingerprint density at radius 3 is 2.65 bits per heavy atom. The molecule has 0 aliphatic carbocycles. The molecule has 1 aromatic heterocycles. The van der Waals surface area contributed by atoms with Gasteiger partial charge in [0, 0.05) is 11.9 Å². The van der Waals surface area contributed by atoms with Crippen LogP contribution in [0.5, 0.6) is 0 Å². The number of hydrogen-bond acceptors (Lipinski definition) is 3. The molecule has 2 aromatic rings. The second-order valence-corrected chi connectivity index (χ2v) is 6.95. The van der Waals surface area contributed by atoms with Crippen LogP contribution in [0.1, 0.15) is 45.9 Å². The molecule has 0 fully saturated rings. The summed E-state index contributed by atoms with van der Waals surface area (Å²) in [5.74, 6) is 0.726. The van der Waals surface area contributed by atoms with E-state index in [2.05, 4.69) is 10.6 Å². The number of carbonyl (C=O) groups is 1. The zero-order valence-corrected chi connectivity index (χ0v) is 14.2. The monoisotopic (exact) mass is 318 g/mol. The van der Waals surface area contributed by atoms with Crippen molar-refractivity contribution in [3.8, 4) is 0 Å². The van der Waals surface area contributed by atoms with Crippen molar-refractivity contribution in [2.75, 3.05) is 6.54 Å². The molecule has 0 aliphatic rings. The lowest BCUT2D eigenvalue weighted by atomic mass is 9.87. The molecule has 0 saturated heterocycles. The van der Waals surface area contributed by atoms with Crippen LogP contribution in [0, 0.1) is 5.41 Å². The maximum absolute atomic E-state index is 12.0. The molecule has 2 rings (SSSR count). The lowest BCUT2D eigenvalue weighted by Crippen LogP contribution is -2.42. The van der Waals surface area contributed by atoms with Gasteiger partial charge in [-0.2, -0.15) is 0 Å². The Hall–Kier alpha value is -2.01. The highest BCUT2D eigenvalue weighted by Crippen LogP contribution is 2.24. The number of hydrogen-bond donors (Lipinski definition) is 3. The predicted octanol–water partition coefficient (Wildman–Crippen LogP) is 3.59. The van der Waals surface area contributed by atoms with Crippen molar-refractivity contribution in [3.05, 3.63) is 36.1 Å². The molecular weight excluding hydrogens is 292 g/mol. The number of aliphatic hydroxyl groups is 1. The van der Waals surface area contributed by atoms with E-state index in [4.69, 9.17) is 4.42 Å².